The van der Waals surface area contributed by atoms with Crippen LogP contribution in [0.1, 0.15) is 31.9 Å². The summed E-state index contributed by atoms with van der Waals surface area (Å²) >= 11 is 3.50. The third-order valence-corrected chi connectivity index (χ3v) is 7.22. The lowest BCUT2D eigenvalue weighted by Gasteiger charge is -2.31. The molecule has 0 saturated carbocycles. The van der Waals surface area contributed by atoms with Gasteiger partial charge in [0.25, 0.3) is 0 Å². The number of rotatable bonds is 1. The molecule has 1 amide bonds. The van der Waals surface area contributed by atoms with Crippen LogP contribution in [0.2, 0.25) is 0 Å². The van der Waals surface area contributed by atoms with Crippen molar-refractivity contribution in [3.63, 3.8) is 0 Å². The first-order chi connectivity index (χ1) is 15.0. The average Bonchev–Trinajstić information content (AvgIpc) is 2.83. The van der Waals surface area contributed by atoms with Crippen LogP contribution in [0.15, 0.2) is 22.9 Å². The molecule has 1 aromatic carbocycles. The van der Waals surface area contributed by atoms with Crippen molar-refractivity contribution in [1.29, 1.82) is 0 Å². The molecule has 4 rings (SSSR count). The van der Waals surface area contributed by atoms with E-state index in [9.17, 15) is 13.2 Å². The average molecular weight is 525 g/mol. The first-order valence-corrected chi connectivity index (χ1v) is 12.8. The minimum Gasteiger partial charge on any atom is -0.486 e. The fourth-order valence-electron chi connectivity index (χ4n) is 3.73. The number of carbonyl (C=O) groups excluding carboxylic acids is 1. The van der Waals surface area contributed by atoms with Crippen molar-refractivity contribution in [2.75, 3.05) is 34.4 Å². The lowest BCUT2D eigenvalue weighted by molar-refractivity contribution is 0.0598. The fraction of sp³-hybridized carbons (Fsp3) is 0.476. The van der Waals surface area contributed by atoms with Crippen LogP contribution in [0, 0.1) is 6.92 Å². The highest BCUT2D eigenvalue weighted by Gasteiger charge is 2.35. The number of halogens is 1. The largest absolute Gasteiger partial charge is 0.486 e. The molecule has 9 nitrogen and oxygen atoms in total. The Kier molecular flexibility index (Phi) is 5.83. The molecule has 3 heterocycles. The number of hydrogen-bond acceptors (Lipinski definition) is 8. The van der Waals surface area contributed by atoms with Gasteiger partial charge in [-0.2, -0.15) is 0 Å². The third-order valence-electron chi connectivity index (χ3n) is 5.15. The van der Waals surface area contributed by atoms with Crippen molar-refractivity contribution in [1.82, 2.24) is 9.97 Å². The highest BCUT2D eigenvalue weighted by molar-refractivity contribution is 9.10. The van der Waals surface area contributed by atoms with Gasteiger partial charge in [-0.3, -0.25) is 0 Å². The normalized spacial score (nSPS) is 17.7. The van der Waals surface area contributed by atoms with E-state index in [0.717, 1.165) is 10.0 Å². The van der Waals surface area contributed by atoms with Gasteiger partial charge >= 0.3 is 6.09 Å². The smallest absolute Gasteiger partial charge is 0.420 e. The molecule has 0 atom stereocenters. The van der Waals surface area contributed by atoms with Gasteiger partial charge in [0.05, 0.1) is 22.8 Å². The van der Waals surface area contributed by atoms with Crippen molar-refractivity contribution >= 4 is 49.2 Å². The lowest BCUT2D eigenvalue weighted by atomic mass is 10.1. The molecular weight excluding hydrogens is 500 g/mol. The number of amides is 1. The number of nitrogens with zero attached hydrogens (tertiary/aromatic N) is 4. The molecule has 2 aliphatic heterocycles. The molecule has 2 aliphatic rings. The van der Waals surface area contributed by atoms with Crippen molar-refractivity contribution in [3.05, 3.63) is 34.1 Å². The maximum Gasteiger partial charge on any atom is 0.420 e. The number of benzene rings is 1. The number of aryl methyl sites for hydroxylation is 1. The van der Waals surface area contributed by atoms with E-state index >= 15 is 0 Å². The summed E-state index contributed by atoms with van der Waals surface area (Å²) < 4.78 is 36.4. The van der Waals surface area contributed by atoms with E-state index in [0.29, 0.717) is 41.7 Å². The minimum absolute atomic E-state index is 0.0503. The lowest BCUT2D eigenvalue weighted by Crippen LogP contribution is -2.41. The third kappa shape index (κ3) is 4.54. The van der Waals surface area contributed by atoms with E-state index in [1.165, 1.54) is 11.2 Å². The summed E-state index contributed by atoms with van der Waals surface area (Å²) in [6.45, 7) is 8.05. The molecule has 1 aromatic heterocycles. The van der Waals surface area contributed by atoms with Gasteiger partial charge in [0.1, 0.15) is 30.1 Å². The molecular formula is C21H25BrN4O5S. The van der Waals surface area contributed by atoms with Gasteiger partial charge in [-0.15, -0.1) is 0 Å². The molecule has 11 heteroatoms. The van der Waals surface area contributed by atoms with E-state index in [4.69, 9.17) is 9.47 Å². The van der Waals surface area contributed by atoms with Gasteiger partial charge < -0.3 is 14.4 Å². The maximum absolute atomic E-state index is 13.4. The maximum atomic E-state index is 13.4. The predicted molar refractivity (Wildman–Crippen MR) is 124 cm³/mol. The molecule has 0 aliphatic carbocycles. The number of aromatic nitrogens is 2. The van der Waals surface area contributed by atoms with E-state index in [1.54, 1.807) is 26.8 Å². The zero-order valence-corrected chi connectivity index (χ0v) is 20.8. The van der Waals surface area contributed by atoms with Crippen LogP contribution < -0.4 is 14.5 Å². The monoisotopic (exact) mass is 524 g/mol. The minimum atomic E-state index is -3.06. The van der Waals surface area contributed by atoms with E-state index < -0.39 is 21.5 Å². The molecule has 2 aromatic rings. The summed E-state index contributed by atoms with van der Waals surface area (Å²) in [4.78, 5) is 25.5. The van der Waals surface area contributed by atoms with Crippen LogP contribution >= 0.6 is 15.9 Å². The Morgan fingerprint density at radius 1 is 1.16 bits per heavy atom. The number of hydrogen-bond donors (Lipinski definition) is 0. The van der Waals surface area contributed by atoms with E-state index in [2.05, 4.69) is 25.9 Å². The number of ether oxygens (including phenoxy) is 2. The van der Waals surface area contributed by atoms with Gasteiger partial charge in [-0.1, -0.05) is 15.9 Å². The summed E-state index contributed by atoms with van der Waals surface area (Å²) in [6.07, 6.45) is 0.790. The Labute approximate surface area is 195 Å². The Balaban J connectivity index is 1.85. The standard InChI is InChI=1S/C21H25BrN4O5S/c1-13-9-14(22)10-16-17(13)30-11-15-18(25-5-7-32(28,29)8-6-25)23-12-24-19(15)26(16)20(27)31-21(2,3)4/h9-10,12H,5-8,11H2,1-4H3. The first-order valence-electron chi connectivity index (χ1n) is 10.2. The predicted octanol–water partition coefficient (Wildman–Crippen LogP) is 3.75. The molecule has 1 saturated heterocycles. The van der Waals surface area contributed by atoms with Crippen LogP contribution in [-0.2, 0) is 21.2 Å². The molecule has 0 radical (unpaired) electrons. The van der Waals surface area contributed by atoms with Crippen molar-refractivity contribution in [2.24, 2.45) is 0 Å². The summed E-state index contributed by atoms with van der Waals surface area (Å²) in [5, 5.41) is 0. The SMILES string of the molecule is Cc1cc(Br)cc2c1OCc1c(N3CCS(=O)(=O)CC3)ncnc1N2C(=O)OC(C)(C)C. The first kappa shape index (κ1) is 22.8. The van der Waals surface area contributed by atoms with Crippen molar-refractivity contribution in [2.45, 2.75) is 39.9 Å². The molecule has 0 N–H and O–H groups in total. The van der Waals surface area contributed by atoms with Crippen molar-refractivity contribution < 1.29 is 22.7 Å². The molecule has 1 fully saturated rings. The summed E-state index contributed by atoms with van der Waals surface area (Å²) in [6, 6.07) is 3.70. The summed E-state index contributed by atoms with van der Waals surface area (Å²) in [5.41, 5.74) is 1.23. The Morgan fingerprint density at radius 2 is 1.81 bits per heavy atom. The number of anilines is 3. The summed E-state index contributed by atoms with van der Waals surface area (Å²) in [7, 11) is -3.06. The Bertz CT molecular complexity index is 1170. The van der Waals surface area contributed by atoms with Gasteiger partial charge in [0.15, 0.2) is 15.7 Å². The second-order valence-corrected chi connectivity index (χ2v) is 12.0. The second kappa shape index (κ2) is 8.18. The molecule has 0 bridgehead atoms. The number of sulfone groups is 1. The molecule has 172 valence electrons. The highest BCUT2D eigenvalue weighted by atomic mass is 79.9. The zero-order valence-electron chi connectivity index (χ0n) is 18.4. The second-order valence-electron chi connectivity index (χ2n) is 8.81. The molecule has 32 heavy (non-hydrogen) atoms. The van der Waals surface area contributed by atoms with Crippen molar-refractivity contribution in [3.8, 4) is 5.75 Å². The Hall–Kier alpha value is -2.40. The van der Waals surface area contributed by atoms with Crippen LogP contribution in [0.5, 0.6) is 5.75 Å². The van der Waals surface area contributed by atoms with Gasteiger partial charge in [-0.05, 0) is 45.4 Å². The van der Waals surface area contributed by atoms with Crippen LogP contribution in [0.4, 0.5) is 22.1 Å². The highest BCUT2D eigenvalue weighted by Crippen LogP contribution is 2.44. The van der Waals surface area contributed by atoms with Crippen LogP contribution in [0.3, 0.4) is 0 Å². The van der Waals surface area contributed by atoms with E-state index in [-0.39, 0.29) is 18.1 Å². The van der Waals surface area contributed by atoms with Crippen LogP contribution in [-0.4, -0.2) is 54.7 Å². The zero-order chi connectivity index (χ0) is 23.3. The van der Waals surface area contributed by atoms with Gasteiger partial charge in [0, 0.05) is 17.6 Å². The number of fused-ring (bicyclic) bond motifs is 2. The molecule has 0 unspecified atom stereocenters. The quantitative estimate of drug-likeness (QED) is 0.555. The molecule has 0 spiro atoms. The van der Waals surface area contributed by atoms with Gasteiger partial charge in [0.2, 0.25) is 0 Å². The van der Waals surface area contributed by atoms with E-state index in [1.807, 2.05) is 17.9 Å². The van der Waals surface area contributed by atoms with Gasteiger partial charge in [-0.25, -0.2) is 28.1 Å². The topological polar surface area (TPSA) is 102 Å². The fourth-order valence-corrected chi connectivity index (χ4v) is 5.49. The Morgan fingerprint density at radius 3 is 2.47 bits per heavy atom. The van der Waals surface area contributed by atoms with Crippen LogP contribution in [0.25, 0.3) is 0 Å². The summed E-state index contributed by atoms with van der Waals surface area (Å²) in [5.74, 6) is 1.56. The number of carbonyl (C=O) groups is 1.